The molecule has 0 unspecified atom stereocenters. The van der Waals surface area contributed by atoms with Crippen molar-refractivity contribution in [3.05, 3.63) is 10.4 Å². The molecule has 0 radical (unpaired) electrons. The van der Waals surface area contributed by atoms with E-state index in [1.165, 1.54) is 18.4 Å². The van der Waals surface area contributed by atoms with E-state index in [4.69, 9.17) is 5.73 Å². The Morgan fingerprint density at radius 3 is 2.67 bits per heavy atom. The summed E-state index contributed by atoms with van der Waals surface area (Å²) in [5.74, 6) is 1.33. The van der Waals surface area contributed by atoms with Crippen molar-refractivity contribution < 1.29 is 4.79 Å². The highest BCUT2D eigenvalue weighted by molar-refractivity contribution is 7.18. The van der Waals surface area contributed by atoms with Crippen LogP contribution in [-0.2, 0) is 0 Å². The Kier molecular flexibility index (Phi) is 3.95. The molecule has 0 spiro atoms. The van der Waals surface area contributed by atoms with Crippen molar-refractivity contribution in [1.82, 2.24) is 0 Å². The van der Waals surface area contributed by atoms with Crippen molar-refractivity contribution in [2.75, 3.05) is 17.6 Å². The lowest BCUT2D eigenvalue weighted by Crippen LogP contribution is -2.08. The molecule has 0 bridgehead atoms. The van der Waals surface area contributed by atoms with E-state index in [1.54, 1.807) is 11.3 Å². The van der Waals surface area contributed by atoms with E-state index in [-0.39, 0.29) is 5.78 Å². The summed E-state index contributed by atoms with van der Waals surface area (Å²) in [4.78, 5) is 12.6. The number of ketones is 1. The minimum absolute atomic E-state index is 0.164. The number of carbonyl (C=O) groups excluding carboxylic acids is 1. The second-order valence-electron chi connectivity index (χ2n) is 5.41. The first-order chi connectivity index (χ1) is 8.54. The van der Waals surface area contributed by atoms with Crippen molar-refractivity contribution >= 4 is 27.8 Å². The minimum Gasteiger partial charge on any atom is -0.397 e. The molecule has 0 saturated heterocycles. The number of hydrogen-bond donors (Lipinski definition) is 2. The fourth-order valence-electron chi connectivity index (χ4n) is 2.03. The first-order valence-electron chi connectivity index (χ1n) is 6.73. The quantitative estimate of drug-likeness (QED) is 0.768. The van der Waals surface area contributed by atoms with Crippen molar-refractivity contribution in [2.45, 2.75) is 46.0 Å². The van der Waals surface area contributed by atoms with Crippen LogP contribution in [0.25, 0.3) is 0 Å². The topological polar surface area (TPSA) is 55.1 Å². The van der Waals surface area contributed by atoms with E-state index < -0.39 is 0 Å². The predicted octanol–water partition coefficient (Wildman–Crippen LogP) is 3.87. The number of hydrogen-bond acceptors (Lipinski definition) is 4. The number of nitrogen functional groups attached to an aromatic ring is 1. The van der Waals surface area contributed by atoms with E-state index in [9.17, 15) is 4.79 Å². The standard InChI is InChI=1S/C14H22N2OS/c1-4-10(17)13-12(15)11(9-5-6-9)14(18-13)16-7-8(2)3/h8-9,16H,4-7,15H2,1-3H3. The van der Waals surface area contributed by atoms with Gasteiger partial charge in [-0.15, -0.1) is 11.3 Å². The molecule has 1 aromatic heterocycles. The van der Waals surface area contributed by atoms with Crippen LogP contribution in [0.2, 0.25) is 0 Å². The van der Waals surface area contributed by atoms with E-state index in [1.807, 2.05) is 6.92 Å². The van der Waals surface area contributed by atoms with E-state index in [0.717, 1.165) is 22.1 Å². The molecule has 1 saturated carbocycles. The van der Waals surface area contributed by atoms with Crippen LogP contribution in [0.5, 0.6) is 0 Å². The maximum atomic E-state index is 11.9. The van der Waals surface area contributed by atoms with Gasteiger partial charge in [-0.3, -0.25) is 4.79 Å². The number of thiophene rings is 1. The predicted molar refractivity (Wildman–Crippen MR) is 78.7 cm³/mol. The van der Waals surface area contributed by atoms with Gasteiger partial charge in [-0.25, -0.2) is 0 Å². The van der Waals surface area contributed by atoms with Crippen molar-refractivity contribution in [2.24, 2.45) is 5.92 Å². The number of Topliss-reactive ketones (excluding diaryl/α,β-unsaturated/α-hetero) is 1. The van der Waals surface area contributed by atoms with Gasteiger partial charge in [0.15, 0.2) is 5.78 Å². The Balaban J connectivity index is 2.29. The Morgan fingerprint density at radius 2 is 2.17 bits per heavy atom. The Hall–Kier alpha value is -1.03. The van der Waals surface area contributed by atoms with E-state index in [2.05, 4.69) is 19.2 Å². The highest BCUT2D eigenvalue weighted by Crippen LogP contribution is 2.51. The number of anilines is 2. The molecule has 1 aromatic rings. The average Bonchev–Trinajstić information content (AvgIpc) is 3.10. The molecule has 0 aliphatic heterocycles. The normalized spacial score (nSPS) is 15.1. The number of nitrogens with two attached hydrogens (primary N) is 1. The summed E-state index contributed by atoms with van der Waals surface area (Å²) in [6.45, 7) is 7.18. The summed E-state index contributed by atoms with van der Waals surface area (Å²) >= 11 is 1.54. The van der Waals surface area contributed by atoms with Gasteiger partial charge in [0.05, 0.1) is 15.6 Å². The number of rotatable bonds is 6. The molecule has 1 aliphatic rings. The third-order valence-corrected chi connectivity index (χ3v) is 4.43. The molecule has 1 heterocycles. The van der Waals surface area contributed by atoms with Crippen LogP contribution >= 0.6 is 11.3 Å². The maximum absolute atomic E-state index is 11.9. The lowest BCUT2D eigenvalue weighted by Gasteiger charge is -2.09. The van der Waals surface area contributed by atoms with Gasteiger partial charge in [-0.05, 0) is 24.7 Å². The van der Waals surface area contributed by atoms with Crippen LogP contribution in [0, 0.1) is 5.92 Å². The summed E-state index contributed by atoms with van der Waals surface area (Å²) in [5.41, 5.74) is 8.12. The average molecular weight is 266 g/mol. The van der Waals surface area contributed by atoms with Crippen LogP contribution in [0.15, 0.2) is 0 Å². The van der Waals surface area contributed by atoms with Crippen LogP contribution in [0.3, 0.4) is 0 Å². The number of nitrogens with one attached hydrogen (secondary N) is 1. The van der Waals surface area contributed by atoms with Crippen LogP contribution < -0.4 is 11.1 Å². The van der Waals surface area contributed by atoms with Gasteiger partial charge >= 0.3 is 0 Å². The van der Waals surface area contributed by atoms with E-state index in [0.29, 0.717) is 18.3 Å². The van der Waals surface area contributed by atoms with Crippen molar-refractivity contribution in [3.63, 3.8) is 0 Å². The number of carbonyl (C=O) groups is 1. The summed E-state index contributed by atoms with van der Waals surface area (Å²) < 4.78 is 0. The minimum atomic E-state index is 0.164. The third-order valence-electron chi connectivity index (χ3n) is 3.21. The molecule has 18 heavy (non-hydrogen) atoms. The molecule has 0 aromatic carbocycles. The lowest BCUT2D eigenvalue weighted by molar-refractivity contribution is 0.0993. The van der Waals surface area contributed by atoms with Crippen LogP contribution in [0.4, 0.5) is 10.7 Å². The zero-order valence-corrected chi connectivity index (χ0v) is 12.2. The van der Waals surface area contributed by atoms with Gasteiger partial charge in [0.1, 0.15) is 0 Å². The highest BCUT2D eigenvalue weighted by Gasteiger charge is 2.32. The first-order valence-corrected chi connectivity index (χ1v) is 7.55. The summed E-state index contributed by atoms with van der Waals surface area (Å²) in [5, 5.41) is 4.59. The molecule has 1 fully saturated rings. The smallest absolute Gasteiger partial charge is 0.174 e. The monoisotopic (exact) mass is 266 g/mol. The highest BCUT2D eigenvalue weighted by atomic mass is 32.1. The fraction of sp³-hybridized carbons (Fsp3) is 0.643. The molecule has 0 atom stereocenters. The van der Waals surface area contributed by atoms with Gasteiger partial charge in [-0.2, -0.15) is 0 Å². The van der Waals surface area contributed by atoms with Gasteiger partial charge in [0.2, 0.25) is 0 Å². The van der Waals surface area contributed by atoms with Gasteiger partial charge in [-0.1, -0.05) is 20.8 Å². The molecule has 3 N–H and O–H groups in total. The van der Waals surface area contributed by atoms with E-state index >= 15 is 0 Å². The first kappa shape index (κ1) is 13.4. The Bertz CT molecular complexity index is 447. The van der Waals surface area contributed by atoms with Gasteiger partial charge < -0.3 is 11.1 Å². The summed E-state index contributed by atoms with van der Waals surface area (Å²) in [7, 11) is 0. The molecular formula is C14H22N2OS. The fourth-order valence-corrected chi connectivity index (χ4v) is 3.25. The maximum Gasteiger partial charge on any atom is 0.174 e. The largest absolute Gasteiger partial charge is 0.397 e. The zero-order chi connectivity index (χ0) is 13.3. The second-order valence-corrected chi connectivity index (χ2v) is 6.43. The molecule has 100 valence electrons. The third kappa shape index (κ3) is 2.69. The summed E-state index contributed by atoms with van der Waals surface area (Å²) in [6.07, 6.45) is 2.94. The summed E-state index contributed by atoms with van der Waals surface area (Å²) in [6, 6.07) is 0. The lowest BCUT2D eigenvalue weighted by atomic mass is 10.1. The van der Waals surface area contributed by atoms with Crippen molar-refractivity contribution in [3.8, 4) is 0 Å². The SMILES string of the molecule is CCC(=O)c1sc(NCC(C)C)c(C2CC2)c1N. The van der Waals surface area contributed by atoms with Gasteiger partial charge in [0, 0.05) is 18.5 Å². The van der Waals surface area contributed by atoms with Crippen LogP contribution in [-0.4, -0.2) is 12.3 Å². The molecule has 4 heteroatoms. The Morgan fingerprint density at radius 1 is 1.50 bits per heavy atom. The molecular weight excluding hydrogens is 244 g/mol. The molecule has 2 rings (SSSR count). The molecule has 3 nitrogen and oxygen atoms in total. The Labute approximate surface area is 113 Å². The molecule has 1 aliphatic carbocycles. The second kappa shape index (κ2) is 5.31. The van der Waals surface area contributed by atoms with Gasteiger partial charge in [0.25, 0.3) is 0 Å². The zero-order valence-electron chi connectivity index (χ0n) is 11.4. The molecule has 0 amide bonds. The van der Waals surface area contributed by atoms with Crippen LogP contribution in [0.1, 0.15) is 61.2 Å². The van der Waals surface area contributed by atoms with Crippen molar-refractivity contribution in [1.29, 1.82) is 0 Å².